The Kier molecular flexibility index (Phi) is 25.5. The highest BCUT2D eigenvalue weighted by atomic mass is 16.6. The lowest BCUT2D eigenvalue weighted by Crippen LogP contribution is -2.59. The number of nitrogens with zero attached hydrogens (tertiary/aromatic N) is 2. The minimum absolute atomic E-state index is 0.0327. The van der Waals surface area contributed by atoms with Crippen LogP contribution in [0.25, 0.3) is 0 Å². The van der Waals surface area contributed by atoms with E-state index in [1.807, 2.05) is 0 Å². The van der Waals surface area contributed by atoms with Crippen LogP contribution in [0.15, 0.2) is 12.1 Å². The van der Waals surface area contributed by atoms with Gasteiger partial charge >= 0.3 is 11.9 Å². The van der Waals surface area contributed by atoms with Crippen LogP contribution in [0.4, 0.5) is 0 Å². The number of benzene rings is 2. The van der Waals surface area contributed by atoms with E-state index in [-0.39, 0.29) is 102 Å². The number of esters is 2. The summed E-state index contributed by atoms with van der Waals surface area (Å²) in [6, 6.07) is 3.01. The van der Waals surface area contributed by atoms with Crippen molar-refractivity contribution in [3.63, 3.8) is 0 Å². The fourth-order valence-corrected chi connectivity index (χ4v) is 12.1. The summed E-state index contributed by atoms with van der Waals surface area (Å²) >= 11 is 0. The molecule has 0 aromatic heterocycles. The molecule has 3 aliphatic rings. The van der Waals surface area contributed by atoms with E-state index in [1.54, 1.807) is 55.4 Å². The van der Waals surface area contributed by atoms with E-state index in [0.717, 1.165) is 139 Å². The average molecular weight is 1100 g/mol. The molecule has 2 aromatic rings. The van der Waals surface area contributed by atoms with Crippen LogP contribution in [-0.4, -0.2) is 82.2 Å². The van der Waals surface area contributed by atoms with Crippen molar-refractivity contribution in [2.45, 2.75) is 279 Å². The first kappa shape index (κ1) is 65.6. The second-order valence-electron chi connectivity index (χ2n) is 25.4. The maximum atomic E-state index is 15.9. The molecule has 2 aliphatic heterocycles. The molecule has 1 atom stereocenters. The lowest BCUT2D eigenvalue weighted by Gasteiger charge is -2.49. The van der Waals surface area contributed by atoms with Gasteiger partial charge in [0.15, 0.2) is 34.6 Å². The van der Waals surface area contributed by atoms with E-state index in [9.17, 15) is 20.0 Å². The molecule has 2 saturated heterocycles. The SMILES string of the molecule is CCCCCCCCOc1cc2c(c(OC(=O)C3CC(C)(C)N([O])C(C)(C)C3)c1OCCCCCCCC)C(=O)c1cc(OCCCCCCCC)c(OCCCCCCCC)c(OC(=O)C3CC(C)(C)N([O])C3(C)C)c1C2=O. The smallest absolute Gasteiger partial charge is 0.316 e. The monoisotopic (exact) mass is 1100 g/mol. The molecule has 444 valence electrons. The quantitative estimate of drug-likeness (QED) is 0.0307. The minimum Gasteiger partial charge on any atom is -0.490 e. The van der Waals surface area contributed by atoms with E-state index in [4.69, 9.17) is 28.4 Å². The average Bonchev–Trinajstić information content (AvgIpc) is 3.59. The van der Waals surface area contributed by atoms with Gasteiger partial charge < -0.3 is 28.4 Å². The van der Waals surface area contributed by atoms with Crippen molar-refractivity contribution in [2.24, 2.45) is 11.8 Å². The van der Waals surface area contributed by atoms with Gasteiger partial charge in [-0.3, -0.25) is 19.2 Å². The van der Waals surface area contributed by atoms with Crippen molar-refractivity contribution >= 4 is 23.5 Å². The maximum absolute atomic E-state index is 15.9. The van der Waals surface area contributed by atoms with Crippen molar-refractivity contribution in [1.29, 1.82) is 0 Å². The zero-order valence-electron chi connectivity index (χ0n) is 51.0. The summed E-state index contributed by atoms with van der Waals surface area (Å²) in [4.78, 5) is 61.5. The maximum Gasteiger partial charge on any atom is 0.316 e. The lowest BCUT2D eigenvalue weighted by atomic mass is 9.75. The van der Waals surface area contributed by atoms with E-state index in [0.29, 0.717) is 25.7 Å². The Balaban J connectivity index is 1.73. The second-order valence-corrected chi connectivity index (χ2v) is 25.4. The van der Waals surface area contributed by atoms with E-state index >= 15 is 9.59 Å². The van der Waals surface area contributed by atoms with Gasteiger partial charge in [-0.05, 0) is 112 Å². The van der Waals surface area contributed by atoms with Gasteiger partial charge in [-0.15, -0.1) is 20.5 Å². The van der Waals surface area contributed by atoms with Crippen molar-refractivity contribution in [3.8, 4) is 34.5 Å². The molecule has 14 heteroatoms. The fraction of sp³-hybridized carbons (Fsp3) is 0.754. The van der Waals surface area contributed by atoms with Crippen molar-refractivity contribution in [3.05, 3.63) is 34.4 Å². The Hall–Kier alpha value is -4.24. The number of rotatable bonds is 36. The summed E-state index contributed by atoms with van der Waals surface area (Å²) in [7, 11) is 0. The number of fused-ring (bicyclic) bond motifs is 2. The van der Waals surface area contributed by atoms with E-state index in [1.165, 1.54) is 12.1 Å². The van der Waals surface area contributed by atoms with Gasteiger partial charge in [0.25, 0.3) is 0 Å². The summed E-state index contributed by atoms with van der Waals surface area (Å²) in [6.45, 7) is 23.9. The molecule has 0 N–H and O–H groups in total. The lowest BCUT2D eigenvalue weighted by molar-refractivity contribution is -0.293. The predicted molar refractivity (Wildman–Crippen MR) is 309 cm³/mol. The second kappa shape index (κ2) is 30.7. The number of hydroxylamine groups is 4. The summed E-state index contributed by atoms with van der Waals surface area (Å²) in [5.74, 6) is -4.54. The molecule has 14 nitrogen and oxygen atoms in total. The van der Waals surface area contributed by atoms with Crippen LogP contribution in [-0.2, 0) is 20.0 Å². The Bertz CT molecular complexity index is 2290. The molecule has 0 saturated carbocycles. The van der Waals surface area contributed by atoms with Crippen molar-refractivity contribution in [2.75, 3.05) is 26.4 Å². The molecule has 5 rings (SSSR count). The minimum atomic E-state index is -1.18. The molecule has 0 bridgehead atoms. The van der Waals surface area contributed by atoms with Crippen LogP contribution in [0, 0.1) is 11.8 Å². The van der Waals surface area contributed by atoms with Gasteiger partial charge in [-0.2, -0.15) is 0 Å². The van der Waals surface area contributed by atoms with Gasteiger partial charge in [-0.1, -0.05) is 156 Å². The standard InChI is InChI=1S/C65H102N2O12/c1-13-17-21-25-29-33-37-74-50-41-47-52(58(56(50)76-39-35-31-27-23-19-15-3)78-60(70)46-43-62(5,6)66(72)63(7,8)44-46)54(68)48-42-51(75-38-34-30-26-22-18-14-2)57(77-40-36-32-28-24-20-16-4)59(53(48)55(47)69)79-61(71)49-45-64(9,10)67(73)65(49,11)12/h41-42,46,49H,13-40,43-45H2,1-12H3. The number of piperidine rings is 1. The zero-order chi connectivity index (χ0) is 58.0. The molecule has 2 radical (unpaired) electrons. The van der Waals surface area contributed by atoms with Crippen LogP contribution in [0.1, 0.15) is 288 Å². The third-order valence-corrected chi connectivity index (χ3v) is 16.6. The summed E-state index contributed by atoms with van der Waals surface area (Å²) in [6.07, 6.45) is 24.4. The number of ether oxygens (including phenoxy) is 6. The normalized spacial score (nSPS) is 18.5. The van der Waals surface area contributed by atoms with Gasteiger partial charge in [0.1, 0.15) is 0 Å². The molecule has 1 unspecified atom stereocenters. The Labute approximate surface area is 475 Å². The van der Waals surface area contributed by atoms with Crippen LogP contribution < -0.4 is 28.4 Å². The predicted octanol–water partition coefficient (Wildman–Crippen LogP) is 16.1. The largest absolute Gasteiger partial charge is 0.490 e. The number of carbonyl (C=O) groups excluding carboxylic acids is 4. The van der Waals surface area contributed by atoms with E-state index in [2.05, 4.69) is 27.7 Å². The molecular formula is C65H102N2O12. The highest BCUT2D eigenvalue weighted by Gasteiger charge is 2.57. The van der Waals surface area contributed by atoms with Crippen molar-refractivity contribution in [1.82, 2.24) is 10.1 Å². The van der Waals surface area contributed by atoms with E-state index < -0.39 is 57.5 Å². The van der Waals surface area contributed by atoms with Gasteiger partial charge in [-0.25, -0.2) is 0 Å². The van der Waals surface area contributed by atoms with Crippen LogP contribution in [0.2, 0.25) is 0 Å². The molecule has 0 amide bonds. The number of hydrogen-bond acceptors (Lipinski definition) is 12. The summed E-state index contributed by atoms with van der Waals surface area (Å²) in [5.41, 5.74) is -4.54. The van der Waals surface area contributed by atoms with Crippen molar-refractivity contribution < 1.29 is 58.0 Å². The third kappa shape index (κ3) is 17.2. The summed E-state index contributed by atoms with van der Waals surface area (Å²) < 4.78 is 39.5. The Morgan fingerprint density at radius 3 is 1.09 bits per heavy atom. The fourth-order valence-electron chi connectivity index (χ4n) is 12.1. The molecule has 0 spiro atoms. The first-order valence-corrected chi connectivity index (χ1v) is 31.0. The van der Waals surface area contributed by atoms with Gasteiger partial charge in [0.2, 0.25) is 11.5 Å². The zero-order valence-corrected chi connectivity index (χ0v) is 51.0. The van der Waals surface area contributed by atoms with Crippen LogP contribution in [0.3, 0.4) is 0 Å². The Morgan fingerprint density at radius 2 is 0.747 bits per heavy atom. The number of unbranched alkanes of at least 4 members (excludes halogenated alkanes) is 20. The molecule has 2 heterocycles. The number of carbonyl (C=O) groups is 4. The number of ketones is 2. The molecule has 1 aliphatic carbocycles. The highest BCUT2D eigenvalue weighted by molar-refractivity contribution is 6.31. The van der Waals surface area contributed by atoms with Gasteiger partial charge in [0.05, 0.1) is 54.9 Å². The Morgan fingerprint density at radius 1 is 0.430 bits per heavy atom. The number of hydrogen-bond donors (Lipinski definition) is 0. The van der Waals surface area contributed by atoms with Gasteiger partial charge in [0, 0.05) is 27.7 Å². The summed E-state index contributed by atoms with van der Waals surface area (Å²) in [5, 5.41) is 29.3. The first-order chi connectivity index (χ1) is 37.6. The van der Waals surface area contributed by atoms with Crippen LogP contribution in [0.5, 0.6) is 34.5 Å². The topological polar surface area (TPSA) is 170 Å². The highest BCUT2D eigenvalue weighted by Crippen LogP contribution is 2.53. The third-order valence-electron chi connectivity index (χ3n) is 16.6. The molecule has 2 fully saturated rings. The first-order valence-electron chi connectivity index (χ1n) is 31.0. The molecule has 79 heavy (non-hydrogen) atoms. The molecule has 2 aromatic carbocycles. The van der Waals surface area contributed by atoms with Crippen LogP contribution >= 0.6 is 0 Å². The molecular weight excluding hydrogens is 1000 g/mol.